The summed E-state index contributed by atoms with van der Waals surface area (Å²) in [5.74, 6) is -0.490. The fourth-order valence-electron chi connectivity index (χ4n) is 2.24. The van der Waals surface area contributed by atoms with Gasteiger partial charge in [-0.3, -0.25) is 4.79 Å². The monoisotopic (exact) mass is 314 g/mol. The van der Waals surface area contributed by atoms with E-state index in [2.05, 4.69) is 0 Å². The molecule has 8 heteroatoms. The van der Waals surface area contributed by atoms with Gasteiger partial charge in [0.2, 0.25) is 10.0 Å². The molecule has 1 heterocycles. The van der Waals surface area contributed by atoms with Gasteiger partial charge in [-0.05, 0) is 25.1 Å². The van der Waals surface area contributed by atoms with Crippen molar-refractivity contribution in [2.45, 2.75) is 17.9 Å². The number of ether oxygens (including phenoxy) is 2. The van der Waals surface area contributed by atoms with Crippen LogP contribution in [0.2, 0.25) is 0 Å². The summed E-state index contributed by atoms with van der Waals surface area (Å²) < 4.78 is 36.9. The van der Waals surface area contributed by atoms with Crippen LogP contribution in [0.1, 0.15) is 17.3 Å². The fourth-order valence-corrected chi connectivity index (χ4v) is 3.87. The van der Waals surface area contributed by atoms with E-state index in [9.17, 15) is 13.2 Å². The van der Waals surface area contributed by atoms with Gasteiger partial charge in [0.15, 0.2) is 0 Å². The lowest BCUT2D eigenvalue weighted by Crippen LogP contribution is -2.46. The second-order valence-corrected chi connectivity index (χ2v) is 6.66. The number of methoxy groups -OCH3 is 1. The van der Waals surface area contributed by atoms with Crippen LogP contribution >= 0.6 is 0 Å². The summed E-state index contributed by atoms with van der Waals surface area (Å²) in [5, 5.41) is 0. The van der Waals surface area contributed by atoms with Crippen LogP contribution in [0.3, 0.4) is 0 Å². The molecule has 1 aromatic carbocycles. The number of benzene rings is 1. The third-order valence-corrected chi connectivity index (χ3v) is 5.36. The Balaban J connectivity index is 2.45. The smallest absolute Gasteiger partial charge is 0.252 e. The second kappa shape index (κ2) is 6.00. The molecule has 1 amide bonds. The standard InChI is InChI=1S/C13H18N2O5S/c1-9-8-20-6-5-15(9)21(17,18)10-3-4-12(19-2)11(7-10)13(14)16/h3-4,7,9H,5-6,8H2,1-2H3,(H2,14,16). The minimum Gasteiger partial charge on any atom is -0.496 e. The van der Waals surface area contributed by atoms with Gasteiger partial charge in [-0.1, -0.05) is 0 Å². The molecule has 0 radical (unpaired) electrons. The number of carbonyl (C=O) groups is 1. The number of nitrogens with two attached hydrogens (primary N) is 1. The zero-order valence-electron chi connectivity index (χ0n) is 11.9. The molecule has 0 aromatic heterocycles. The third kappa shape index (κ3) is 3.02. The van der Waals surface area contributed by atoms with Crippen molar-refractivity contribution in [2.24, 2.45) is 5.73 Å². The van der Waals surface area contributed by atoms with Gasteiger partial charge in [0.1, 0.15) is 5.75 Å². The molecule has 0 saturated carbocycles. The zero-order chi connectivity index (χ0) is 15.6. The summed E-state index contributed by atoms with van der Waals surface area (Å²) in [5.41, 5.74) is 5.30. The van der Waals surface area contributed by atoms with Gasteiger partial charge < -0.3 is 15.2 Å². The Labute approximate surface area is 123 Å². The molecule has 1 aromatic rings. The molecular weight excluding hydrogens is 296 g/mol. The molecule has 1 fully saturated rings. The van der Waals surface area contributed by atoms with Gasteiger partial charge in [-0.15, -0.1) is 0 Å². The minimum atomic E-state index is -3.70. The van der Waals surface area contributed by atoms with Crippen molar-refractivity contribution in [3.8, 4) is 5.75 Å². The van der Waals surface area contributed by atoms with Crippen molar-refractivity contribution < 1.29 is 22.7 Å². The first-order valence-corrected chi connectivity index (χ1v) is 7.89. The van der Waals surface area contributed by atoms with Gasteiger partial charge in [0, 0.05) is 12.6 Å². The number of nitrogens with zero attached hydrogens (tertiary/aromatic N) is 1. The highest BCUT2D eigenvalue weighted by Gasteiger charge is 2.32. The first kappa shape index (κ1) is 15.7. The van der Waals surface area contributed by atoms with E-state index in [0.29, 0.717) is 13.2 Å². The van der Waals surface area contributed by atoms with Gasteiger partial charge in [0.25, 0.3) is 5.91 Å². The van der Waals surface area contributed by atoms with E-state index in [1.54, 1.807) is 6.92 Å². The van der Waals surface area contributed by atoms with Crippen LogP contribution < -0.4 is 10.5 Å². The Morgan fingerprint density at radius 1 is 1.48 bits per heavy atom. The molecule has 21 heavy (non-hydrogen) atoms. The molecule has 0 spiro atoms. The molecular formula is C13H18N2O5S. The summed E-state index contributed by atoms with van der Waals surface area (Å²) in [4.78, 5) is 11.4. The maximum Gasteiger partial charge on any atom is 0.252 e. The van der Waals surface area contributed by atoms with Gasteiger partial charge >= 0.3 is 0 Å². The summed E-state index contributed by atoms with van der Waals surface area (Å²) >= 11 is 0. The number of amides is 1. The number of rotatable bonds is 4. The summed E-state index contributed by atoms with van der Waals surface area (Å²) in [6, 6.07) is 3.82. The maximum absolute atomic E-state index is 12.6. The van der Waals surface area contributed by atoms with E-state index in [4.69, 9.17) is 15.2 Å². The molecule has 1 atom stereocenters. The lowest BCUT2D eigenvalue weighted by molar-refractivity contribution is 0.0392. The van der Waals surface area contributed by atoms with Crippen molar-refractivity contribution in [3.63, 3.8) is 0 Å². The van der Waals surface area contributed by atoms with E-state index < -0.39 is 15.9 Å². The Kier molecular flexibility index (Phi) is 4.50. The number of morpholine rings is 1. The Morgan fingerprint density at radius 2 is 2.19 bits per heavy atom. The first-order valence-electron chi connectivity index (χ1n) is 6.45. The van der Waals surface area contributed by atoms with Crippen LogP contribution in [-0.4, -0.2) is 51.5 Å². The van der Waals surface area contributed by atoms with Crippen molar-refractivity contribution >= 4 is 15.9 Å². The molecule has 1 saturated heterocycles. The number of primary amides is 1. The van der Waals surface area contributed by atoms with Crippen LogP contribution in [0, 0.1) is 0 Å². The van der Waals surface area contributed by atoms with Crippen molar-refractivity contribution in [1.29, 1.82) is 0 Å². The molecule has 2 rings (SSSR count). The van der Waals surface area contributed by atoms with Crippen LogP contribution in [-0.2, 0) is 14.8 Å². The van der Waals surface area contributed by atoms with Gasteiger partial charge in [0.05, 0.1) is 30.8 Å². The van der Waals surface area contributed by atoms with Crippen molar-refractivity contribution in [3.05, 3.63) is 23.8 Å². The third-order valence-electron chi connectivity index (χ3n) is 3.35. The summed E-state index contributed by atoms with van der Waals surface area (Å²) in [6.45, 7) is 2.75. The number of carbonyl (C=O) groups excluding carboxylic acids is 1. The molecule has 116 valence electrons. The Hall–Kier alpha value is -1.64. The predicted octanol–water partition coefficient (Wildman–Crippen LogP) is 0.204. The number of hydrogen-bond donors (Lipinski definition) is 1. The van der Waals surface area contributed by atoms with Crippen LogP contribution in [0.5, 0.6) is 5.75 Å². The topological polar surface area (TPSA) is 98.9 Å². The van der Waals surface area contributed by atoms with E-state index in [1.807, 2.05) is 0 Å². The van der Waals surface area contributed by atoms with Crippen LogP contribution in [0.25, 0.3) is 0 Å². The molecule has 1 unspecified atom stereocenters. The van der Waals surface area contributed by atoms with E-state index in [1.165, 1.54) is 29.6 Å². The highest BCUT2D eigenvalue weighted by Crippen LogP contribution is 2.26. The van der Waals surface area contributed by atoms with E-state index in [0.717, 1.165) is 0 Å². The van der Waals surface area contributed by atoms with Crippen LogP contribution in [0.4, 0.5) is 0 Å². The molecule has 1 aliphatic rings. The lowest BCUT2D eigenvalue weighted by atomic mass is 10.2. The molecule has 2 N–H and O–H groups in total. The van der Waals surface area contributed by atoms with Gasteiger partial charge in [-0.2, -0.15) is 4.31 Å². The summed E-state index contributed by atoms with van der Waals surface area (Å²) in [7, 11) is -2.31. The zero-order valence-corrected chi connectivity index (χ0v) is 12.7. The van der Waals surface area contributed by atoms with E-state index in [-0.39, 0.29) is 28.8 Å². The average Bonchev–Trinajstić information content (AvgIpc) is 2.46. The number of hydrogen-bond acceptors (Lipinski definition) is 5. The summed E-state index contributed by atoms with van der Waals surface area (Å²) in [6.07, 6.45) is 0. The number of sulfonamides is 1. The maximum atomic E-state index is 12.6. The molecule has 0 bridgehead atoms. The molecule has 0 aliphatic carbocycles. The van der Waals surface area contributed by atoms with Crippen molar-refractivity contribution in [1.82, 2.24) is 4.31 Å². The predicted molar refractivity (Wildman–Crippen MR) is 75.7 cm³/mol. The Morgan fingerprint density at radius 3 is 2.76 bits per heavy atom. The lowest BCUT2D eigenvalue weighted by Gasteiger charge is -2.32. The normalized spacial score (nSPS) is 20.2. The highest BCUT2D eigenvalue weighted by atomic mass is 32.2. The average molecular weight is 314 g/mol. The minimum absolute atomic E-state index is 0.0193. The van der Waals surface area contributed by atoms with Crippen molar-refractivity contribution in [2.75, 3.05) is 26.9 Å². The molecule has 7 nitrogen and oxygen atoms in total. The fraction of sp³-hybridized carbons (Fsp3) is 0.462. The quantitative estimate of drug-likeness (QED) is 0.856. The SMILES string of the molecule is COc1ccc(S(=O)(=O)N2CCOCC2C)cc1C(N)=O. The largest absolute Gasteiger partial charge is 0.496 e. The van der Waals surface area contributed by atoms with Gasteiger partial charge in [-0.25, -0.2) is 8.42 Å². The molecule has 1 aliphatic heterocycles. The highest BCUT2D eigenvalue weighted by molar-refractivity contribution is 7.89. The second-order valence-electron chi connectivity index (χ2n) is 4.77. The first-order chi connectivity index (χ1) is 9.87. The Bertz CT molecular complexity index is 644. The van der Waals surface area contributed by atoms with Crippen LogP contribution in [0.15, 0.2) is 23.1 Å². The van der Waals surface area contributed by atoms with E-state index >= 15 is 0 Å².